The van der Waals surface area contributed by atoms with E-state index >= 15 is 0 Å². The van der Waals surface area contributed by atoms with E-state index in [1.165, 1.54) is 17.4 Å². The number of hydrogen-bond acceptors (Lipinski definition) is 4. The van der Waals surface area contributed by atoms with E-state index in [2.05, 4.69) is 4.98 Å². The normalized spacial score (nSPS) is 10.8. The summed E-state index contributed by atoms with van der Waals surface area (Å²) in [4.78, 5) is 16.4. The second-order valence-corrected chi connectivity index (χ2v) is 6.91. The Balaban J connectivity index is 2.14. The van der Waals surface area contributed by atoms with Crippen LogP contribution in [-0.2, 0) is 11.2 Å². The van der Waals surface area contributed by atoms with Gasteiger partial charge in [-0.15, -0.1) is 11.3 Å². The van der Waals surface area contributed by atoms with Crippen molar-refractivity contribution in [3.8, 4) is 27.6 Å². The molecule has 0 aliphatic heterocycles. The fourth-order valence-corrected chi connectivity index (χ4v) is 3.61. The van der Waals surface area contributed by atoms with Crippen LogP contribution in [-0.4, -0.2) is 21.2 Å². The number of rotatable bonds is 4. The number of aliphatic carboxylic acids is 1. The molecule has 24 heavy (non-hydrogen) atoms. The first-order valence-corrected chi connectivity index (χ1v) is 8.41. The molecule has 0 amide bonds. The lowest BCUT2D eigenvalue weighted by atomic mass is 10.1. The monoisotopic (exact) mass is 359 g/mol. The maximum absolute atomic E-state index is 11.2. The van der Waals surface area contributed by atoms with Crippen LogP contribution in [0.5, 0.6) is 5.75 Å². The Morgan fingerprint density at radius 2 is 1.92 bits per heavy atom. The van der Waals surface area contributed by atoms with Crippen LogP contribution in [0.4, 0.5) is 0 Å². The number of phenolic OH excluding ortho intramolecular Hbond substituents is 1. The zero-order valence-corrected chi connectivity index (χ0v) is 14.4. The summed E-state index contributed by atoms with van der Waals surface area (Å²) in [6.07, 6.45) is -0.123. The summed E-state index contributed by atoms with van der Waals surface area (Å²) in [6.45, 7) is 1.98. The first kappa shape index (κ1) is 16.5. The molecule has 0 radical (unpaired) electrons. The summed E-state index contributed by atoms with van der Waals surface area (Å²) in [7, 11) is 0. The standard InChI is InChI=1S/C18H14ClNO3S/c1-10-2-4-11(5-3-10)17-15(9-16(22)23)24-18(20-17)13-8-12(19)6-7-14(13)21/h2-8,21H,9H2,1H3,(H,22,23). The molecule has 0 aliphatic rings. The number of hydrogen-bond donors (Lipinski definition) is 2. The molecule has 0 aliphatic carbocycles. The third-order valence-electron chi connectivity index (χ3n) is 3.52. The molecule has 0 saturated heterocycles. The highest BCUT2D eigenvalue weighted by Crippen LogP contribution is 2.38. The van der Waals surface area contributed by atoms with Crippen LogP contribution in [0, 0.1) is 6.92 Å². The van der Waals surface area contributed by atoms with Crippen LogP contribution in [0.1, 0.15) is 10.4 Å². The molecular weight excluding hydrogens is 346 g/mol. The summed E-state index contributed by atoms with van der Waals surface area (Å²) in [5.74, 6) is -0.862. The molecule has 6 heteroatoms. The number of aromatic nitrogens is 1. The first-order chi connectivity index (χ1) is 11.4. The van der Waals surface area contributed by atoms with Gasteiger partial charge in [-0.1, -0.05) is 41.4 Å². The van der Waals surface area contributed by atoms with Crippen molar-refractivity contribution in [2.75, 3.05) is 0 Å². The quantitative estimate of drug-likeness (QED) is 0.703. The maximum Gasteiger partial charge on any atom is 0.308 e. The van der Waals surface area contributed by atoms with Crippen molar-refractivity contribution in [3.05, 3.63) is 57.9 Å². The number of benzene rings is 2. The summed E-state index contributed by atoms with van der Waals surface area (Å²) < 4.78 is 0. The van der Waals surface area contributed by atoms with Crippen molar-refractivity contribution in [3.63, 3.8) is 0 Å². The second kappa shape index (κ2) is 6.63. The Hall–Kier alpha value is -2.37. The van der Waals surface area contributed by atoms with Crippen molar-refractivity contribution >= 4 is 28.9 Å². The van der Waals surface area contributed by atoms with Gasteiger partial charge in [0.15, 0.2) is 0 Å². The minimum atomic E-state index is -0.922. The topological polar surface area (TPSA) is 70.4 Å². The van der Waals surface area contributed by atoms with Crippen LogP contribution in [0.25, 0.3) is 21.8 Å². The van der Waals surface area contributed by atoms with E-state index in [1.54, 1.807) is 12.1 Å². The average molecular weight is 360 g/mol. The largest absolute Gasteiger partial charge is 0.507 e. The number of halogens is 1. The van der Waals surface area contributed by atoms with Crippen LogP contribution >= 0.6 is 22.9 Å². The number of aryl methyl sites for hydroxylation is 1. The van der Waals surface area contributed by atoms with Crippen LogP contribution in [0.15, 0.2) is 42.5 Å². The number of phenols is 1. The Labute approximate surface area is 148 Å². The number of carboxylic acids is 1. The van der Waals surface area contributed by atoms with Gasteiger partial charge in [0.25, 0.3) is 0 Å². The minimum absolute atomic E-state index is 0.0606. The lowest BCUT2D eigenvalue weighted by molar-refractivity contribution is -0.136. The lowest BCUT2D eigenvalue weighted by Crippen LogP contribution is -1.99. The first-order valence-electron chi connectivity index (χ1n) is 7.21. The van der Waals surface area contributed by atoms with Crippen molar-refractivity contribution in [1.29, 1.82) is 0 Å². The van der Waals surface area contributed by atoms with Gasteiger partial charge in [-0.3, -0.25) is 4.79 Å². The molecule has 2 N–H and O–H groups in total. The van der Waals surface area contributed by atoms with E-state index in [0.29, 0.717) is 26.2 Å². The van der Waals surface area contributed by atoms with Gasteiger partial charge in [0.2, 0.25) is 0 Å². The molecule has 3 aromatic rings. The molecule has 0 bridgehead atoms. The third kappa shape index (κ3) is 3.42. The second-order valence-electron chi connectivity index (χ2n) is 5.39. The summed E-state index contributed by atoms with van der Waals surface area (Å²) in [6, 6.07) is 12.5. The van der Waals surface area contributed by atoms with Gasteiger partial charge in [0, 0.05) is 15.5 Å². The smallest absolute Gasteiger partial charge is 0.308 e. The average Bonchev–Trinajstić information content (AvgIpc) is 2.93. The van der Waals surface area contributed by atoms with Crippen molar-refractivity contribution < 1.29 is 15.0 Å². The fourth-order valence-electron chi connectivity index (χ4n) is 2.34. The van der Waals surface area contributed by atoms with Crippen molar-refractivity contribution in [2.24, 2.45) is 0 Å². The van der Waals surface area contributed by atoms with E-state index in [-0.39, 0.29) is 12.2 Å². The molecule has 4 nitrogen and oxygen atoms in total. The van der Waals surface area contributed by atoms with Gasteiger partial charge in [-0.2, -0.15) is 0 Å². The molecule has 0 spiro atoms. The Bertz CT molecular complexity index is 903. The fraction of sp³-hybridized carbons (Fsp3) is 0.111. The molecule has 0 saturated carbocycles. The number of aromatic hydroxyl groups is 1. The Kier molecular flexibility index (Phi) is 4.55. The van der Waals surface area contributed by atoms with Crippen molar-refractivity contribution in [2.45, 2.75) is 13.3 Å². The Morgan fingerprint density at radius 3 is 2.58 bits per heavy atom. The van der Waals surface area contributed by atoms with Crippen LogP contribution in [0.3, 0.4) is 0 Å². The zero-order valence-electron chi connectivity index (χ0n) is 12.8. The highest BCUT2D eigenvalue weighted by molar-refractivity contribution is 7.15. The van der Waals surface area contributed by atoms with E-state index in [0.717, 1.165) is 11.1 Å². The van der Waals surface area contributed by atoms with Crippen LogP contribution in [0.2, 0.25) is 5.02 Å². The molecule has 0 fully saturated rings. The van der Waals surface area contributed by atoms with E-state index in [9.17, 15) is 9.90 Å². The predicted octanol–water partition coefficient (Wildman–Crippen LogP) is 4.77. The van der Waals surface area contributed by atoms with Crippen LogP contribution < -0.4 is 0 Å². The number of thiazole rings is 1. The number of carbonyl (C=O) groups is 1. The Morgan fingerprint density at radius 1 is 1.21 bits per heavy atom. The highest BCUT2D eigenvalue weighted by atomic mass is 35.5. The highest BCUT2D eigenvalue weighted by Gasteiger charge is 2.18. The van der Waals surface area contributed by atoms with Gasteiger partial charge in [0.05, 0.1) is 17.7 Å². The molecule has 2 aromatic carbocycles. The lowest BCUT2D eigenvalue weighted by Gasteiger charge is -2.02. The molecule has 1 heterocycles. The number of carboxylic acid groups (broad SMARTS) is 1. The summed E-state index contributed by atoms with van der Waals surface area (Å²) in [5, 5.41) is 20.3. The van der Waals surface area contributed by atoms with Gasteiger partial charge in [-0.25, -0.2) is 4.98 Å². The van der Waals surface area contributed by atoms with Gasteiger partial charge >= 0.3 is 5.97 Å². The zero-order chi connectivity index (χ0) is 17.3. The van der Waals surface area contributed by atoms with E-state index < -0.39 is 5.97 Å². The predicted molar refractivity (Wildman–Crippen MR) is 95.7 cm³/mol. The molecule has 0 atom stereocenters. The molecule has 1 aromatic heterocycles. The molecule has 0 unspecified atom stereocenters. The van der Waals surface area contributed by atoms with Gasteiger partial charge < -0.3 is 10.2 Å². The van der Waals surface area contributed by atoms with Crippen molar-refractivity contribution in [1.82, 2.24) is 4.98 Å². The molecular formula is C18H14ClNO3S. The number of nitrogens with zero attached hydrogens (tertiary/aromatic N) is 1. The SMILES string of the molecule is Cc1ccc(-c2nc(-c3cc(Cl)ccc3O)sc2CC(=O)O)cc1. The van der Waals surface area contributed by atoms with Gasteiger partial charge in [0.1, 0.15) is 10.8 Å². The minimum Gasteiger partial charge on any atom is -0.507 e. The summed E-state index contributed by atoms with van der Waals surface area (Å²) in [5.41, 5.74) is 3.08. The van der Waals surface area contributed by atoms with E-state index in [1.807, 2.05) is 31.2 Å². The third-order valence-corrected chi connectivity index (χ3v) is 4.85. The van der Waals surface area contributed by atoms with Gasteiger partial charge in [-0.05, 0) is 25.1 Å². The van der Waals surface area contributed by atoms with E-state index in [4.69, 9.17) is 16.7 Å². The molecule has 122 valence electrons. The molecule has 3 rings (SSSR count). The summed E-state index contributed by atoms with van der Waals surface area (Å²) >= 11 is 7.26. The maximum atomic E-state index is 11.2.